The van der Waals surface area contributed by atoms with Gasteiger partial charge in [-0.2, -0.15) is 0 Å². The first-order chi connectivity index (χ1) is 69.4. The van der Waals surface area contributed by atoms with E-state index in [0.29, 0.717) is 41.0 Å². The van der Waals surface area contributed by atoms with E-state index in [9.17, 15) is 74.6 Å². The molecule has 9 nitrogen and oxygen atoms in total. The SMILES string of the molecule is Fc1cc(-c2cccc(-c3nc(-c4cccc(-c5c(F)c(F)c(F)c(F)c5F)c4)nc(-c4cccc(-c5c(F)c(F)c(F)c(F)c5F)c4)n3)c2)c(F)c(F)c1F.Fc1ccc(-c2cccc(-c3nc(-c4cccc(-c5ccc(F)cc5)c4)nc(-c4cccc(-c5ccc(F)cc5)c4)n3)c2)cc1.c1ccc(-c2cccc(-c3nc(-c4cccc(-c5ccccc5)c4)nc(-c4cccc(-c5ccccc5)c4)n3)c2)cc1. The minimum absolute atomic E-state index is 0.0659. The fraction of sp³-hybridized carbons (Fsp3) is 0. The summed E-state index contributed by atoms with van der Waals surface area (Å²) < 4.78 is 241. The third-order valence-electron chi connectivity index (χ3n) is 23.3. The number of hydrogen-bond acceptors (Lipinski definition) is 9. The van der Waals surface area contributed by atoms with Crippen molar-refractivity contribution in [1.82, 2.24) is 44.9 Å². The average molecular weight is 1920 g/mol. The molecule has 3 heterocycles. The van der Waals surface area contributed by atoms with Crippen molar-refractivity contribution < 1.29 is 74.6 Å². The maximum atomic E-state index is 14.8. The predicted molar refractivity (Wildman–Crippen MR) is 517 cm³/mol. The number of halogens is 17. The lowest BCUT2D eigenvalue weighted by atomic mass is 10.00. The molecule has 0 amide bonds. The van der Waals surface area contributed by atoms with E-state index in [0.717, 1.165) is 143 Å². The zero-order chi connectivity index (χ0) is 99.2. The van der Waals surface area contributed by atoms with Crippen molar-refractivity contribution >= 4 is 0 Å². The Labute approximate surface area is 804 Å². The van der Waals surface area contributed by atoms with Crippen LogP contribution < -0.4 is 0 Å². The fourth-order valence-corrected chi connectivity index (χ4v) is 16.1. The second-order valence-corrected chi connectivity index (χ2v) is 32.5. The molecule has 0 fully saturated rings. The molecule has 0 aliphatic heterocycles. The van der Waals surface area contributed by atoms with E-state index in [1.807, 2.05) is 91.0 Å². The number of nitrogens with zero attached hydrogens (tertiary/aromatic N) is 9. The van der Waals surface area contributed by atoms with Crippen LogP contribution in [-0.4, -0.2) is 44.9 Å². The number of hydrogen-bond donors (Lipinski definition) is 0. The van der Waals surface area contributed by atoms with E-state index < -0.39 is 121 Å². The van der Waals surface area contributed by atoms with Gasteiger partial charge in [0.05, 0.1) is 11.1 Å². The van der Waals surface area contributed by atoms with Crippen LogP contribution in [0.15, 0.2) is 388 Å². The molecule has 0 atom stereocenters. The van der Waals surface area contributed by atoms with Gasteiger partial charge in [0.2, 0.25) is 11.6 Å². The van der Waals surface area contributed by atoms with Gasteiger partial charge in [0.25, 0.3) is 0 Å². The van der Waals surface area contributed by atoms with E-state index in [-0.39, 0.29) is 45.5 Å². The van der Waals surface area contributed by atoms with Crippen LogP contribution in [0, 0.1) is 98.9 Å². The molecule has 18 aromatic carbocycles. The predicted octanol–water partition coefficient (Wildman–Crippen LogP) is 32.0. The second-order valence-electron chi connectivity index (χ2n) is 32.5. The molecule has 0 spiro atoms. The number of benzene rings is 18. The first-order valence-corrected chi connectivity index (χ1v) is 43.9. The molecular weight excluding hydrogens is 1850 g/mol. The Morgan fingerprint density at radius 1 is 0.112 bits per heavy atom. The normalized spacial score (nSPS) is 11.1. The van der Waals surface area contributed by atoms with E-state index in [4.69, 9.17) is 29.9 Å². The lowest BCUT2D eigenvalue weighted by molar-refractivity contribution is 0.381. The van der Waals surface area contributed by atoms with Gasteiger partial charge in [0.15, 0.2) is 122 Å². The van der Waals surface area contributed by atoms with Crippen molar-refractivity contribution in [3.63, 3.8) is 0 Å². The first kappa shape index (κ1) is 93.8. The van der Waals surface area contributed by atoms with Gasteiger partial charge in [0.1, 0.15) is 17.5 Å². The quantitative estimate of drug-likeness (QED) is 0.0470. The maximum absolute atomic E-state index is 14.8. The molecule has 0 aliphatic rings. The Bertz CT molecular complexity index is 7730. The molecule has 0 saturated carbocycles. The van der Waals surface area contributed by atoms with E-state index >= 15 is 0 Å². The Hall–Kier alpha value is -18.2. The molecule has 21 rings (SSSR count). The average Bonchev–Trinajstić information content (AvgIpc) is 0.762. The highest BCUT2D eigenvalue weighted by Crippen LogP contribution is 2.42. The third-order valence-corrected chi connectivity index (χ3v) is 23.3. The zero-order valence-electron chi connectivity index (χ0n) is 73.9. The summed E-state index contributed by atoms with van der Waals surface area (Å²) in [6, 6.07) is 113. The monoisotopic (exact) mass is 1920 g/mol. The third kappa shape index (κ3) is 20.2. The van der Waals surface area contributed by atoms with E-state index in [1.165, 1.54) is 66.7 Å². The Kier molecular flexibility index (Phi) is 26.8. The van der Waals surface area contributed by atoms with Gasteiger partial charge >= 0.3 is 0 Å². The van der Waals surface area contributed by atoms with Crippen LogP contribution in [0.4, 0.5) is 74.6 Å². The van der Waals surface area contributed by atoms with Crippen molar-refractivity contribution in [2.75, 3.05) is 0 Å². The molecule has 0 unspecified atom stereocenters. The summed E-state index contributed by atoms with van der Waals surface area (Å²) in [6.07, 6.45) is 0. The molecule has 0 bridgehead atoms. The second kappa shape index (κ2) is 40.8. The van der Waals surface area contributed by atoms with Crippen LogP contribution in [0.1, 0.15) is 0 Å². The maximum Gasteiger partial charge on any atom is 0.200 e. The van der Waals surface area contributed by atoms with Crippen LogP contribution in [0.3, 0.4) is 0 Å². The highest BCUT2D eigenvalue weighted by molar-refractivity contribution is 5.83. The summed E-state index contributed by atoms with van der Waals surface area (Å²) >= 11 is 0. The van der Waals surface area contributed by atoms with Crippen LogP contribution in [0.5, 0.6) is 0 Å². The van der Waals surface area contributed by atoms with Crippen molar-refractivity contribution in [1.29, 1.82) is 0 Å². The number of aromatic nitrogens is 9. The topological polar surface area (TPSA) is 116 Å². The summed E-state index contributed by atoms with van der Waals surface area (Å²) in [5, 5.41) is 0. The lowest BCUT2D eigenvalue weighted by Crippen LogP contribution is -2.05. The first-order valence-electron chi connectivity index (χ1n) is 43.9. The van der Waals surface area contributed by atoms with Crippen LogP contribution in [-0.2, 0) is 0 Å². The summed E-state index contributed by atoms with van der Waals surface area (Å²) in [4.78, 5) is 42.7. The van der Waals surface area contributed by atoms with E-state index in [2.05, 4.69) is 161 Å². The largest absolute Gasteiger partial charge is 0.208 e. The summed E-state index contributed by atoms with van der Waals surface area (Å²) in [7, 11) is 0. The van der Waals surface area contributed by atoms with Crippen molar-refractivity contribution in [3.8, 4) is 203 Å². The summed E-state index contributed by atoms with van der Waals surface area (Å²) in [5.74, 6) is -28.8. The molecule has 0 radical (unpaired) electrons. The minimum Gasteiger partial charge on any atom is -0.208 e. The molecule has 0 N–H and O–H groups in total. The van der Waals surface area contributed by atoms with E-state index in [1.54, 1.807) is 36.4 Å². The molecule has 0 aliphatic carbocycles. The van der Waals surface area contributed by atoms with Crippen molar-refractivity contribution in [3.05, 3.63) is 487 Å². The summed E-state index contributed by atoms with van der Waals surface area (Å²) in [6.45, 7) is 0. The highest BCUT2D eigenvalue weighted by atomic mass is 19.2. The molecule has 21 aromatic rings. The minimum atomic E-state index is -2.41. The fourth-order valence-electron chi connectivity index (χ4n) is 16.1. The highest BCUT2D eigenvalue weighted by Gasteiger charge is 2.31. The Balaban J connectivity index is 0.000000138. The molecule has 0 saturated heterocycles. The van der Waals surface area contributed by atoms with Crippen molar-refractivity contribution in [2.45, 2.75) is 0 Å². The lowest BCUT2D eigenvalue weighted by Gasteiger charge is -2.13. The molecule has 143 heavy (non-hydrogen) atoms. The molecule has 696 valence electrons. The van der Waals surface area contributed by atoms with Gasteiger partial charge in [-0.25, -0.2) is 119 Å². The van der Waals surface area contributed by atoms with Crippen molar-refractivity contribution in [2.24, 2.45) is 0 Å². The standard InChI is InChI=1S/C39H13F14N3.C39H24F3N3.C39H27N3/c40-21-13-20(24(41)30(47)25(21)42)14-4-1-7-17(10-14)37-54-38(18-8-2-5-15(11-18)22-26(43)31(48)35(52)32(49)27(22)44)56-39(55-37)19-9-3-6-16(12-19)23-28(45)33(50)36(53)34(51)29(23)46;40-34-16-10-25(11-17-34)28-4-1-7-31(22-28)37-43-38(32-8-2-5-29(23-32)26-12-18-35(41)19-13-26)45-39(44-37)33-9-3-6-30(24-33)27-14-20-36(42)21-15-27;1-4-13-28(14-5-1)31-19-10-22-34(25-31)37-40-38(35-23-11-20-32(26-35)29-15-6-2-7-16-29)42-39(41-37)36-24-12-21-33(27-36)30-17-8-3-9-18-30/h1-13H;1-24H;1-27H. The van der Waals surface area contributed by atoms with Gasteiger partial charge < -0.3 is 0 Å². The smallest absolute Gasteiger partial charge is 0.200 e. The Morgan fingerprint density at radius 3 is 0.497 bits per heavy atom. The van der Waals surface area contributed by atoms with Gasteiger partial charge in [-0.3, -0.25) is 0 Å². The Morgan fingerprint density at radius 2 is 0.273 bits per heavy atom. The van der Waals surface area contributed by atoms with Gasteiger partial charge in [-0.1, -0.05) is 291 Å². The van der Waals surface area contributed by atoms with Gasteiger partial charge in [-0.15, -0.1) is 0 Å². The molecule has 26 heteroatoms. The summed E-state index contributed by atoms with van der Waals surface area (Å²) in [5.41, 5.74) is 12.1. The van der Waals surface area contributed by atoms with Crippen LogP contribution in [0.2, 0.25) is 0 Å². The van der Waals surface area contributed by atoms with Crippen LogP contribution >= 0.6 is 0 Å². The van der Waals surface area contributed by atoms with Gasteiger partial charge in [0, 0.05) is 55.6 Å². The van der Waals surface area contributed by atoms with Gasteiger partial charge in [-0.05, 0) is 181 Å². The molecular formula is C117H64F17N9. The van der Waals surface area contributed by atoms with Crippen LogP contribution in [0.25, 0.3) is 203 Å². The molecule has 3 aromatic heterocycles. The zero-order valence-corrected chi connectivity index (χ0v) is 73.9. The number of rotatable bonds is 18.